The average molecular weight is 1170 g/mol. The lowest BCUT2D eigenvalue weighted by Gasteiger charge is -2.20. The Balaban J connectivity index is 0.000000206. The number of nitrogen functional groups attached to an aromatic ring is 1. The molecule has 8 aromatic rings. The van der Waals surface area contributed by atoms with Gasteiger partial charge in [0.05, 0.1) is 61.7 Å². The van der Waals surface area contributed by atoms with Crippen molar-refractivity contribution >= 4 is 11.4 Å². The highest BCUT2D eigenvalue weighted by Gasteiger charge is 2.34. The maximum absolute atomic E-state index is 13.5. The van der Waals surface area contributed by atoms with Crippen LogP contribution in [0.2, 0.25) is 0 Å². The summed E-state index contributed by atoms with van der Waals surface area (Å²) in [6.45, 7) is 13.5. The van der Waals surface area contributed by atoms with Crippen LogP contribution in [-0.2, 0) is 18.5 Å². The van der Waals surface area contributed by atoms with Gasteiger partial charge in [-0.2, -0.15) is 44.8 Å². The molecule has 0 bridgehead atoms. The summed E-state index contributed by atoms with van der Waals surface area (Å²) in [5.41, 5.74) is -2.29. The highest BCUT2D eigenvalue weighted by molar-refractivity contribution is 5.60. The van der Waals surface area contributed by atoms with E-state index in [1.165, 1.54) is 68.9 Å². The zero-order valence-corrected chi connectivity index (χ0v) is 45.2. The van der Waals surface area contributed by atoms with E-state index in [0.717, 1.165) is 66.2 Å². The summed E-state index contributed by atoms with van der Waals surface area (Å²) in [7, 11) is 0. The van der Waals surface area contributed by atoms with Gasteiger partial charge in [0, 0.05) is 23.7 Å². The van der Waals surface area contributed by atoms with Gasteiger partial charge in [0.2, 0.25) is 0 Å². The molecule has 0 radical (unpaired) electrons. The Labute approximate surface area is 462 Å². The number of hydrogen-bond donors (Lipinski definition) is 1. The summed E-state index contributed by atoms with van der Waals surface area (Å²) in [4.78, 5) is 86.6. The van der Waals surface area contributed by atoms with Gasteiger partial charge in [-0.1, -0.05) is 18.2 Å². The fraction of sp³-hybridized carbons (Fsp3) is 0.278. The molecule has 8 rings (SSSR count). The van der Waals surface area contributed by atoms with Crippen LogP contribution < -0.4 is 39.5 Å². The summed E-state index contributed by atoms with van der Waals surface area (Å²) in [6.07, 6.45) is -12.5. The van der Waals surface area contributed by atoms with Crippen molar-refractivity contribution in [3.8, 4) is 40.2 Å². The van der Waals surface area contributed by atoms with E-state index in [0.29, 0.717) is 21.8 Å². The Kier molecular flexibility index (Phi) is 17.8. The number of halogens is 9. The second kappa shape index (κ2) is 23.7. The molecule has 0 fully saturated rings. The number of nitrogens with two attached hydrogens (primary N) is 1. The molecule has 4 aromatic heterocycles. The van der Waals surface area contributed by atoms with E-state index in [9.17, 15) is 78.4 Å². The van der Waals surface area contributed by atoms with Crippen LogP contribution in [0.3, 0.4) is 0 Å². The molecule has 436 valence electrons. The van der Waals surface area contributed by atoms with Gasteiger partial charge in [-0.25, -0.2) is 14.4 Å². The second-order valence-electron chi connectivity index (χ2n) is 19.1. The molecule has 0 aliphatic rings. The molecular formula is C54H49F9N12O8. The molecule has 0 unspecified atom stereocenters. The first kappa shape index (κ1) is 62.3. The van der Waals surface area contributed by atoms with Gasteiger partial charge in [0.15, 0.2) is 5.82 Å². The summed E-state index contributed by atoms with van der Waals surface area (Å²) in [5, 5.41) is 28.3. The number of rotatable bonds is 9. The summed E-state index contributed by atoms with van der Waals surface area (Å²) < 4.78 is 124. The van der Waals surface area contributed by atoms with Crippen LogP contribution in [0.5, 0.6) is 0 Å². The van der Waals surface area contributed by atoms with Gasteiger partial charge >= 0.3 is 46.8 Å². The van der Waals surface area contributed by atoms with Crippen molar-refractivity contribution in [2.75, 3.05) is 5.73 Å². The number of nitro groups is 1. The molecular weight excluding hydrogens is 1120 g/mol. The molecule has 20 nitrogen and oxygen atoms in total. The summed E-state index contributed by atoms with van der Waals surface area (Å²) in [6, 6.07) is 19.2. The van der Waals surface area contributed by atoms with E-state index in [4.69, 9.17) is 11.0 Å². The number of benzene rings is 4. The van der Waals surface area contributed by atoms with Crippen LogP contribution in [0.15, 0.2) is 132 Å². The predicted octanol–water partition coefficient (Wildman–Crippen LogP) is 9.33. The van der Waals surface area contributed by atoms with Crippen molar-refractivity contribution in [1.82, 2.24) is 42.2 Å². The number of alkyl halides is 9. The van der Waals surface area contributed by atoms with E-state index < -0.39 is 97.7 Å². The third-order valence-electron chi connectivity index (χ3n) is 12.7. The third-order valence-corrected chi connectivity index (χ3v) is 12.7. The minimum atomic E-state index is -4.65. The van der Waals surface area contributed by atoms with Crippen molar-refractivity contribution in [2.45, 2.75) is 99.0 Å². The van der Waals surface area contributed by atoms with Crippen LogP contribution in [0, 0.1) is 42.2 Å². The molecule has 29 heteroatoms. The molecule has 4 aromatic carbocycles. The Morgan fingerprint density at radius 1 is 0.554 bits per heavy atom. The molecule has 0 amide bonds. The van der Waals surface area contributed by atoms with Crippen molar-refractivity contribution in [3.05, 3.63) is 215 Å². The first-order chi connectivity index (χ1) is 38.6. The van der Waals surface area contributed by atoms with E-state index in [1.54, 1.807) is 52.0 Å². The lowest BCUT2D eigenvalue weighted by Crippen LogP contribution is -2.43. The molecule has 0 saturated heterocycles. The van der Waals surface area contributed by atoms with Crippen molar-refractivity contribution in [3.63, 3.8) is 0 Å². The van der Waals surface area contributed by atoms with E-state index in [2.05, 4.69) is 10.2 Å². The normalized spacial score (nSPS) is 11.8. The number of aromatic nitrogens is 9. The lowest BCUT2D eigenvalue weighted by atomic mass is 10.1. The van der Waals surface area contributed by atoms with E-state index in [-0.39, 0.29) is 51.3 Å². The van der Waals surface area contributed by atoms with E-state index >= 15 is 0 Å². The zero-order valence-electron chi connectivity index (χ0n) is 45.2. The minimum Gasteiger partial charge on any atom is -0.393 e. The SMILES string of the molecule is Cc1c(-n2cnnc2-c2ccc(C#N)cc2)c(=O)n(C(C)C)c(=O)n1-c1cccc(C(F)(F)F)c1.Cc1c(N)c(=O)n(C(C)C)c(=O)n1-c1cccc(C(F)(F)F)c1.Cc1c([N+](=O)[O-])c(=O)n(C(C)C)c(=O)n1-c1cccc(C(F)(F)F)c1. The molecule has 0 spiro atoms. The van der Waals surface area contributed by atoms with Crippen LogP contribution in [0.1, 0.15) is 99.0 Å². The number of hydrogen-bond acceptors (Lipinski definition) is 12. The van der Waals surface area contributed by atoms with Gasteiger partial charge < -0.3 is 5.73 Å². The van der Waals surface area contributed by atoms with Crippen LogP contribution in [0.4, 0.5) is 50.9 Å². The van der Waals surface area contributed by atoms with Gasteiger partial charge in [0.25, 0.3) is 11.1 Å². The first-order valence-electron chi connectivity index (χ1n) is 24.5. The van der Waals surface area contributed by atoms with Gasteiger partial charge in [-0.3, -0.25) is 56.5 Å². The van der Waals surface area contributed by atoms with Gasteiger partial charge in [0.1, 0.15) is 23.4 Å². The molecule has 0 aliphatic heterocycles. The number of anilines is 1. The van der Waals surface area contributed by atoms with E-state index in [1.807, 2.05) is 6.07 Å². The highest BCUT2D eigenvalue weighted by atomic mass is 19.4. The maximum atomic E-state index is 13.5. The molecule has 0 aliphatic carbocycles. The van der Waals surface area contributed by atoms with Gasteiger partial charge in [-0.15, -0.1) is 10.2 Å². The van der Waals surface area contributed by atoms with Crippen LogP contribution in [0.25, 0.3) is 34.1 Å². The summed E-state index contributed by atoms with van der Waals surface area (Å²) in [5.74, 6) is 0.263. The third kappa shape index (κ3) is 12.5. The highest BCUT2D eigenvalue weighted by Crippen LogP contribution is 2.33. The molecule has 0 saturated carbocycles. The monoisotopic (exact) mass is 1160 g/mol. The smallest absolute Gasteiger partial charge is 0.393 e. The van der Waals surface area contributed by atoms with Crippen molar-refractivity contribution < 1.29 is 44.4 Å². The largest absolute Gasteiger partial charge is 0.416 e. The number of nitrogens with zero attached hydrogens (tertiary/aromatic N) is 11. The van der Waals surface area contributed by atoms with Crippen LogP contribution in [-0.4, -0.2) is 47.1 Å². The van der Waals surface area contributed by atoms with Gasteiger partial charge in [-0.05, 0) is 141 Å². The fourth-order valence-corrected chi connectivity index (χ4v) is 8.69. The van der Waals surface area contributed by atoms with Crippen molar-refractivity contribution in [1.29, 1.82) is 5.26 Å². The molecule has 0 atom stereocenters. The first-order valence-corrected chi connectivity index (χ1v) is 24.5. The molecule has 2 N–H and O–H groups in total. The molecule has 4 heterocycles. The fourth-order valence-electron chi connectivity index (χ4n) is 8.69. The maximum Gasteiger partial charge on any atom is 0.416 e. The quantitative estimate of drug-likeness (QED) is 0.0806. The van der Waals surface area contributed by atoms with Crippen molar-refractivity contribution in [2.24, 2.45) is 0 Å². The topological polar surface area (TPSA) is 256 Å². The Hall–Kier alpha value is -9.88. The second-order valence-corrected chi connectivity index (χ2v) is 19.1. The predicted molar refractivity (Wildman–Crippen MR) is 285 cm³/mol. The summed E-state index contributed by atoms with van der Waals surface area (Å²) >= 11 is 0. The average Bonchev–Trinajstić information content (AvgIpc) is 4.04. The number of nitriles is 1. The Morgan fingerprint density at radius 3 is 1.30 bits per heavy atom. The Bertz CT molecular complexity index is 4230. The standard InChI is InChI=1S/C24H19F3N6O2.C15H14F3N3O4.C15H16F3N3O2/c1-14(2)32-22(34)20(31-13-29-30-21(31)17-9-7-16(12-28)8-10-17)15(3)33(23(32)35)19-6-4-5-18(11-19)24(25,26)27;1-8(2)19-13(22)12(21(24)25)9(3)20(14(19)23)11-6-4-5-10(7-11)15(16,17)18;1-8(2)20-13(22)12(19)9(3)21(14(20)23)11-6-4-5-10(7-11)15(16,17)18/h4-11,13-14H,1-3H3;4-8H,1-3H3;4-8H,19H2,1-3H3. The molecule has 83 heavy (non-hydrogen) atoms. The van der Waals surface area contributed by atoms with Crippen LogP contribution >= 0.6 is 0 Å². The minimum absolute atomic E-state index is 0.00317. The lowest BCUT2D eigenvalue weighted by molar-refractivity contribution is -0.387. The zero-order chi connectivity index (χ0) is 62.1. The Morgan fingerprint density at radius 2 is 0.928 bits per heavy atom.